The number of anilines is 1. The van der Waals surface area contributed by atoms with E-state index in [0.29, 0.717) is 10.8 Å². The number of carboxylic acids is 1. The molecule has 0 fully saturated rings. The lowest BCUT2D eigenvalue weighted by Crippen LogP contribution is -2.23. The Morgan fingerprint density at radius 3 is 2.38 bits per heavy atom. The van der Waals surface area contributed by atoms with Gasteiger partial charge in [0, 0.05) is 10.8 Å². The van der Waals surface area contributed by atoms with Gasteiger partial charge in [-0.3, -0.25) is 4.72 Å². The summed E-state index contributed by atoms with van der Waals surface area (Å²) in [5, 5.41) is 21.8. The normalized spacial score (nSPS) is 11.3. The highest BCUT2D eigenvalue weighted by Gasteiger charge is 2.17. The smallest absolute Gasteiger partial charge is 0.261 e. The highest BCUT2D eigenvalue weighted by molar-refractivity contribution is 7.92. The lowest BCUT2D eigenvalue weighted by Gasteiger charge is -2.12. The molecule has 3 aromatic rings. The zero-order chi connectivity index (χ0) is 17.3. The minimum absolute atomic E-state index is 0.0347. The van der Waals surface area contributed by atoms with E-state index in [1.54, 1.807) is 24.3 Å². The molecule has 0 saturated heterocycles. The molecule has 122 valence electrons. The SMILES string of the molecule is O=C([O-])c1cccc(S(=O)(=O)Nc2ccc(O)c3ccccc23)c1. The number of nitrogens with one attached hydrogen (secondary N) is 1. The number of fused-ring (bicyclic) bond motifs is 1. The van der Waals surface area contributed by atoms with Crippen molar-refractivity contribution in [3.05, 3.63) is 66.2 Å². The van der Waals surface area contributed by atoms with Crippen LogP contribution in [-0.2, 0) is 10.0 Å². The molecule has 0 atom stereocenters. The molecule has 3 aromatic carbocycles. The fourth-order valence-corrected chi connectivity index (χ4v) is 3.49. The number of aromatic carboxylic acids is 1. The van der Waals surface area contributed by atoms with Crippen LogP contribution < -0.4 is 9.83 Å². The summed E-state index contributed by atoms with van der Waals surface area (Å²) in [5.41, 5.74) is 0.0516. The second-order valence-electron chi connectivity index (χ2n) is 5.10. The molecule has 0 bridgehead atoms. The number of hydrogen-bond donors (Lipinski definition) is 2. The quantitative estimate of drug-likeness (QED) is 0.702. The van der Waals surface area contributed by atoms with E-state index in [9.17, 15) is 23.4 Å². The van der Waals surface area contributed by atoms with Crippen molar-refractivity contribution in [3.63, 3.8) is 0 Å². The van der Waals surface area contributed by atoms with Gasteiger partial charge in [0.1, 0.15) is 5.75 Å². The molecule has 0 spiro atoms. The van der Waals surface area contributed by atoms with Crippen molar-refractivity contribution in [2.75, 3.05) is 4.72 Å². The first-order valence-electron chi connectivity index (χ1n) is 6.93. The molecule has 7 heteroatoms. The number of carbonyl (C=O) groups is 1. The third kappa shape index (κ3) is 2.89. The van der Waals surface area contributed by atoms with Crippen LogP contribution in [0.3, 0.4) is 0 Å². The number of carboxylic acid groups (broad SMARTS) is 1. The average molecular weight is 342 g/mol. The number of phenols is 1. The van der Waals surface area contributed by atoms with E-state index in [4.69, 9.17) is 0 Å². The van der Waals surface area contributed by atoms with Crippen LogP contribution in [-0.4, -0.2) is 19.5 Å². The van der Waals surface area contributed by atoms with Gasteiger partial charge in [0.05, 0.1) is 16.6 Å². The van der Waals surface area contributed by atoms with Gasteiger partial charge in [0.15, 0.2) is 0 Å². The van der Waals surface area contributed by atoms with Gasteiger partial charge in [-0.05, 0) is 29.8 Å². The fraction of sp³-hybridized carbons (Fsp3) is 0. The maximum Gasteiger partial charge on any atom is 0.261 e. The Kier molecular flexibility index (Phi) is 3.86. The summed E-state index contributed by atoms with van der Waals surface area (Å²) in [6, 6.07) is 14.5. The van der Waals surface area contributed by atoms with Crippen LogP contribution in [0, 0.1) is 0 Å². The number of phenolic OH excluding ortho intramolecular Hbond substituents is 1. The number of carbonyl (C=O) groups excluding carboxylic acids is 1. The summed E-state index contributed by atoms with van der Waals surface area (Å²) in [4.78, 5) is 10.7. The maximum atomic E-state index is 12.5. The van der Waals surface area contributed by atoms with Crippen molar-refractivity contribution in [1.29, 1.82) is 0 Å². The summed E-state index contributed by atoms with van der Waals surface area (Å²) in [5.74, 6) is -1.42. The van der Waals surface area contributed by atoms with Crippen molar-refractivity contribution in [1.82, 2.24) is 0 Å². The standard InChI is InChI=1S/C17H13NO5S/c19-16-9-8-15(13-6-1-2-7-14(13)16)18-24(22,23)12-5-3-4-11(10-12)17(20)21/h1-10,18-19H,(H,20,21)/p-1. The van der Waals surface area contributed by atoms with Crippen LogP contribution in [0.25, 0.3) is 10.8 Å². The highest BCUT2D eigenvalue weighted by atomic mass is 32.2. The van der Waals surface area contributed by atoms with E-state index in [0.717, 1.165) is 6.07 Å². The van der Waals surface area contributed by atoms with Crippen molar-refractivity contribution < 1.29 is 23.4 Å². The molecule has 0 aliphatic carbocycles. The molecule has 0 radical (unpaired) electrons. The van der Waals surface area contributed by atoms with Crippen LogP contribution >= 0.6 is 0 Å². The maximum absolute atomic E-state index is 12.5. The van der Waals surface area contributed by atoms with Crippen molar-refractivity contribution >= 4 is 32.5 Å². The van der Waals surface area contributed by atoms with Crippen LogP contribution in [0.4, 0.5) is 5.69 Å². The van der Waals surface area contributed by atoms with E-state index in [2.05, 4.69) is 4.72 Å². The lowest BCUT2D eigenvalue weighted by molar-refractivity contribution is -0.255. The molecule has 0 unspecified atom stereocenters. The number of rotatable bonds is 4. The van der Waals surface area contributed by atoms with Gasteiger partial charge in [-0.15, -0.1) is 0 Å². The zero-order valence-electron chi connectivity index (χ0n) is 12.3. The molecular formula is C17H12NO5S-. The van der Waals surface area contributed by atoms with Crippen molar-refractivity contribution in [2.45, 2.75) is 4.90 Å². The first kappa shape index (κ1) is 15.8. The molecule has 2 N–H and O–H groups in total. The van der Waals surface area contributed by atoms with E-state index >= 15 is 0 Å². The minimum Gasteiger partial charge on any atom is -0.545 e. The Hall–Kier alpha value is -3.06. The van der Waals surface area contributed by atoms with Gasteiger partial charge in [0.25, 0.3) is 10.0 Å². The molecule has 0 heterocycles. The summed E-state index contributed by atoms with van der Waals surface area (Å²) in [6.45, 7) is 0. The zero-order valence-corrected chi connectivity index (χ0v) is 13.1. The second kappa shape index (κ2) is 5.86. The lowest BCUT2D eigenvalue weighted by atomic mass is 10.1. The first-order chi connectivity index (χ1) is 11.4. The predicted molar refractivity (Wildman–Crippen MR) is 87.2 cm³/mol. The molecule has 0 aliphatic heterocycles. The van der Waals surface area contributed by atoms with Crippen molar-refractivity contribution in [3.8, 4) is 5.75 Å². The largest absolute Gasteiger partial charge is 0.545 e. The van der Waals surface area contributed by atoms with Crippen LogP contribution in [0.15, 0.2) is 65.6 Å². The molecule has 0 aromatic heterocycles. The Morgan fingerprint density at radius 2 is 1.67 bits per heavy atom. The molecule has 0 aliphatic rings. The van der Waals surface area contributed by atoms with E-state index in [-0.39, 0.29) is 21.9 Å². The summed E-state index contributed by atoms with van der Waals surface area (Å²) in [6.07, 6.45) is 0. The van der Waals surface area contributed by atoms with Crippen LogP contribution in [0.2, 0.25) is 0 Å². The topological polar surface area (TPSA) is 107 Å². The second-order valence-corrected chi connectivity index (χ2v) is 6.78. The Balaban J connectivity index is 2.06. The number of sulfonamides is 1. The summed E-state index contributed by atoms with van der Waals surface area (Å²) in [7, 11) is -4.00. The molecule has 0 amide bonds. The van der Waals surface area contributed by atoms with Gasteiger partial charge in [0.2, 0.25) is 0 Å². The molecule has 0 saturated carbocycles. The number of aromatic hydroxyl groups is 1. The third-order valence-corrected chi connectivity index (χ3v) is 4.89. The molecule has 6 nitrogen and oxygen atoms in total. The van der Waals surface area contributed by atoms with E-state index < -0.39 is 16.0 Å². The first-order valence-corrected chi connectivity index (χ1v) is 8.42. The monoisotopic (exact) mass is 342 g/mol. The van der Waals surface area contributed by atoms with Crippen LogP contribution in [0.1, 0.15) is 10.4 Å². The third-order valence-electron chi connectivity index (χ3n) is 3.53. The average Bonchev–Trinajstić information content (AvgIpc) is 2.58. The van der Waals surface area contributed by atoms with Gasteiger partial charge in [-0.25, -0.2) is 8.42 Å². The van der Waals surface area contributed by atoms with Crippen LogP contribution in [0.5, 0.6) is 5.75 Å². The Labute approximate surface area is 138 Å². The van der Waals surface area contributed by atoms with Crippen molar-refractivity contribution in [2.24, 2.45) is 0 Å². The molecular weight excluding hydrogens is 330 g/mol. The number of benzene rings is 3. The van der Waals surface area contributed by atoms with Gasteiger partial charge in [-0.2, -0.15) is 0 Å². The fourth-order valence-electron chi connectivity index (χ4n) is 2.37. The molecule has 3 rings (SSSR count). The minimum atomic E-state index is -4.00. The van der Waals surface area contributed by atoms with E-state index in [1.807, 2.05) is 0 Å². The summed E-state index contributed by atoms with van der Waals surface area (Å²) < 4.78 is 27.5. The van der Waals surface area contributed by atoms with E-state index in [1.165, 1.54) is 30.3 Å². The number of hydrogen-bond acceptors (Lipinski definition) is 5. The Bertz CT molecular complexity index is 1040. The predicted octanol–water partition coefficient (Wildman–Crippen LogP) is 1.71. The van der Waals surface area contributed by atoms with Gasteiger partial charge >= 0.3 is 0 Å². The van der Waals surface area contributed by atoms with Gasteiger partial charge in [-0.1, -0.05) is 36.4 Å². The molecule has 24 heavy (non-hydrogen) atoms. The Morgan fingerprint density at radius 1 is 0.958 bits per heavy atom. The summed E-state index contributed by atoms with van der Waals surface area (Å²) >= 11 is 0. The highest BCUT2D eigenvalue weighted by Crippen LogP contribution is 2.31. The van der Waals surface area contributed by atoms with Gasteiger partial charge < -0.3 is 15.0 Å².